The van der Waals surface area contributed by atoms with Crippen LogP contribution in [0.2, 0.25) is 5.02 Å². The highest BCUT2D eigenvalue weighted by atomic mass is 35.5. The Hall–Kier alpha value is -1.82. The van der Waals surface area contributed by atoms with Crippen LogP contribution in [-0.2, 0) is 18.8 Å². The lowest BCUT2D eigenvalue weighted by atomic mass is 10.1. The van der Waals surface area contributed by atoms with Crippen molar-refractivity contribution in [1.29, 1.82) is 0 Å². The van der Waals surface area contributed by atoms with Crippen LogP contribution in [0.15, 0.2) is 59.8 Å². The van der Waals surface area contributed by atoms with E-state index in [0.29, 0.717) is 0 Å². The van der Waals surface area contributed by atoms with Crippen molar-refractivity contribution < 1.29 is 0 Å². The van der Waals surface area contributed by atoms with Gasteiger partial charge in [0.1, 0.15) is 5.82 Å². The monoisotopic (exact) mass is 412 g/mol. The Morgan fingerprint density at radius 2 is 1.57 bits per heavy atom. The molecule has 6 heteroatoms. The van der Waals surface area contributed by atoms with E-state index in [4.69, 9.17) is 11.6 Å². The molecule has 0 atom stereocenters. The van der Waals surface area contributed by atoms with Crippen molar-refractivity contribution in [2.45, 2.75) is 43.3 Å². The normalized spacial score (nSPS) is 15.0. The number of hydrogen-bond acceptors (Lipinski definition) is 4. The average Bonchev–Trinajstić information content (AvgIpc) is 3.10. The molecule has 0 N–H and O–H groups in total. The fourth-order valence-corrected chi connectivity index (χ4v) is 4.55. The van der Waals surface area contributed by atoms with Gasteiger partial charge in [-0.25, -0.2) is 0 Å². The summed E-state index contributed by atoms with van der Waals surface area (Å²) in [4.78, 5) is 2.50. The SMILES string of the molecule is Clc1ccc(CSc2nnc(CN3CCCCC3)n2Cc2ccccc2)cc1. The van der Waals surface area contributed by atoms with Gasteiger partial charge < -0.3 is 4.57 Å². The van der Waals surface area contributed by atoms with Crippen LogP contribution < -0.4 is 0 Å². The number of halogens is 1. The largest absolute Gasteiger partial charge is 0.300 e. The van der Waals surface area contributed by atoms with Crippen molar-refractivity contribution in [1.82, 2.24) is 19.7 Å². The summed E-state index contributed by atoms with van der Waals surface area (Å²) in [5.74, 6) is 1.91. The van der Waals surface area contributed by atoms with Crippen LogP contribution >= 0.6 is 23.4 Å². The molecule has 0 bridgehead atoms. The molecule has 3 aromatic rings. The lowest BCUT2D eigenvalue weighted by Crippen LogP contribution is -2.30. The second kappa shape index (κ2) is 9.59. The van der Waals surface area contributed by atoms with Gasteiger partial charge in [0.15, 0.2) is 5.16 Å². The number of thioether (sulfide) groups is 1. The summed E-state index contributed by atoms with van der Waals surface area (Å²) in [5.41, 5.74) is 2.51. The first-order valence-electron chi connectivity index (χ1n) is 9.83. The summed E-state index contributed by atoms with van der Waals surface area (Å²) in [7, 11) is 0. The minimum absolute atomic E-state index is 0.768. The second-order valence-corrected chi connectivity index (χ2v) is 8.60. The van der Waals surface area contributed by atoms with E-state index >= 15 is 0 Å². The summed E-state index contributed by atoms with van der Waals surface area (Å²) < 4.78 is 2.28. The quantitative estimate of drug-likeness (QED) is 0.496. The van der Waals surface area contributed by atoms with Crippen molar-refractivity contribution >= 4 is 23.4 Å². The molecule has 2 heterocycles. The first kappa shape index (κ1) is 19.5. The van der Waals surface area contributed by atoms with Gasteiger partial charge in [0.05, 0.1) is 13.1 Å². The van der Waals surface area contributed by atoms with Crippen LogP contribution in [0.25, 0.3) is 0 Å². The first-order valence-corrected chi connectivity index (χ1v) is 11.2. The maximum absolute atomic E-state index is 6.00. The summed E-state index contributed by atoms with van der Waals surface area (Å²) >= 11 is 7.74. The summed E-state index contributed by atoms with van der Waals surface area (Å²) in [6.45, 7) is 4.00. The maximum atomic E-state index is 6.00. The molecule has 1 aromatic heterocycles. The Bertz CT molecular complexity index is 873. The van der Waals surface area contributed by atoms with Crippen molar-refractivity contribution in [3.8, 4) is 0 Å². The number of hydrogen-bond donors (Lipinski definition) is 0. The highest BCUT2D eigenvalue weighted by Gasteiger charge is 2.18. The lowest BCUT2D eigenvalue weighted by molar-refractivity contribution is 0.213. The molecule has 28 heavy (non-hydrogen) atoms. The van der Waals surface area contributed by atoms with E-state index in [2.05, 4.69) is 62.1 Å². The van der Waals surface area contributed by atoms with Gasteiger partial charge in [0.2, 0.25) is 0 Å². The average molecular weight is 413 g/mol. The third-order valence-corrected chi connectivity index (χ3v) is 6.36. The minimum atomic E-state index is 0.768. The van der Waals surface area contributed by atoms with Gasteiger partial charge in [0, 0.05) is 10.8 Å². The fraction of sp³-hybridized carbons (Fsp3) is 0.364. The smallest absolute Gasteiger partial charge is 0.191 e. The minimum Gasteiger partial charge on any atom is -0.300 e. The molecule has 1 aliphatic heterocycles. The van der Waals surface area contributed by atoms with E-state index in [1.54, 1.807) is 11.8 Å². The number of piperidine rings is 1. The van der Waals surface area contributed by atoms with Crippen molar-refractivity contribution in [2.24, 2.45) is 0 Å². The molecule has 0 unspecified atom stereocenters. The van der Waals surface area contributed by atoms with Crippen LogP contribution in [0.3, 0.4) is 0 Å². The van der Waals surface area contributed by atoms with Gasteiger partial charge in [-0.3, -0.25) is 4.90 Å². The summed E-state index contributed by atoms with van der Waals surface area (Å²) in [5, 5.41) is 10.8. The molecule has 1 saturated heterocycles. The number of aromatic nitrogens is 3. The topological polar surface area (TPSA) is 34.0 Å². The van der Waals surface area contributed by atoms with Crippen molar-refractivity contribution in [3.05, 3.63) is 76.6 Å². The molecule has 0 aliphatic carbocycles. The molecule has 2 aromatic carbocycles. The van der Waals surface area contributed by atoms with Gasteiger partial charge in [-0.05, 0) is 49.2 Å². The number of likely N-dealkylation sites (tertiary alicyclic amines) is 1. The number of nitrogens with zero attached hydrogens (tertiary/aromatic N) is 4. The Balaban J connectivity index is 1.52. The molecule has 1 aliphatic rings. The number of benzene rings is 2. The molecule has 146 valence electrons. The third kappa shape index (κ3) is 5.16. The Labute approximate surface area is 175 Å². The lowest BCUT2D eigenvalue weighted by Gasteiger charge is -2.26. The zero-order valence-electron chi connectivity index (χ0n) is 15.9. The highest BCUT2D eigenvalue weighted by molar-refractivity contribution is 7.98. The van der Waals surface area contributed by atoms with Crippen LogP contribution in [0.4, 0.5) is 0 Å². The number of rotatable bonds is 7. The van der Waals surface area contributed by atoms with Gasteiger partial charge in [-0.2, -0.15) is 0 Å². The Kier molecular flexibility index (Phi) is 6.68. The van der Waals surface area contributed by atoms with Crippen LogP contribution in [0, 0.1) is 0 Å². The van der Waals surface area contributed by atoms with Gasteiger partial charge >= 0.3 is 0 Å². The second-order valence-electron chi connectivity index (χ2n) is 7.22. The van der Waals surface area contributed by atoms with Gasteiger partial charge in [-0.1, -0.05) is 72.2 Å². The van der Waals surface area contributed by atoms with E-state index in [-0.39, 0.29) is 0 Å². The van der Waals surface area contributed by atoms with Crippen LogP contribution in [-0.4, -0.2) is 32.8 Å². The van der Waals surface area contributed by atoms with Gasteiger partial charge in [0.25, 0.3) is 0 Å². The molecule has 4 rings (SSSR count). The Morgan fingerprint density at radius 3 is 2.32 bits per heavy atom. The Morgan fingerprint density at radius 1 is 0.821 bits per heavy atom. The van der Waals surface area contributed by atoms with E-state index in [1.165, 1.54) is 30.4 Å². The fourth-order valence-electron chi connectivity index (χ4n) is 3.51. The third-order valence-electron chi connectivity index (χ3n) is 5.07. The molecule has 0 amide bonds. The van der Waals surface area contributed by atoms with Crippen molar-refractivity contribution in [3.63, 3.8) is 0 Å². The molecule has 0 spiro atoms. The van der Waals surface area contributed by atoms with E-state index in [9.17, 15) is 0 Å². The molecular weight excluding hydrogens is 388 g/mol. The molecule has 0 saturated carbocycles. The predicted molar refractivity (Wildman–Crippen MR) is 116 cm³/mol. The van der Waals surface area contributed by atoms with Crippen LogP contribution in [0.1, 0.15) is 36.2 Å². The zero-order chi connectivity index (χ0) is 19.2. The molecule has 0 radical (unpaired) electrons. The molecule has 1 fully saturated rings. The zero-order valence-corrected chi connectivity index (χ0v) is 17.5. The van der Waals surface area contributed by atoms with E-state index < -0.39 is 0 Å². The summed E-state index contributed by atoms with van der Waals surface area (Å²) in [6.07, 6.45) is 3.91. The van der Waals surface area contributed by atoms with E-state index in [0.717, 1.165) is 47.9 Å². The first-order chi connectivity index (χ1) is 13.8. The van der Waals surface area contributed by atoms with Crippen LogP contribution in [0.5, 0.6) is 0 Å². The predicted octanol–water partition coefficient (Wildman–Crippen LogP) is 5.26. The van der Waals surface area contributed by atoms with E-state index in [1.807, 2.05) is 12.1 Å². The van der Waals surface area contributed by atoms with Gasteiger partial charge in [-0.15, -0.1) is 10.2 Å². The molecule has 4 nitrogen and oxygen atoms in total. The maximum Gasteiger partial charge on any atom is 0.191 e. The summed E-state index contributed by atoms with van der Waals surface area (Å²) in [6, 6.07) is 18.6. The molecular formula is C22H25ClN4S. The highest BCUT2D eigenvalue weighted by Crippen LogP contribution is 2.25. The standard InChI is InChI=1S/C22H25ClN4S/c23-20-11-9-19(10-12-20)17-28-22-25-24-21(16-26-13-5-2-6-14-26)27(22)15-18-7-3-1-4-8-18/h1,3-4,7-12H,2,5-6,13-17H2. The van der Waals surface area contributed by atoms with Crippen molar-refractivity contribution in [2.75, 3.05) is 13.1 Å².